The van der Waals surface area contributed by atoms with Gasteiger partial charge < -0.3 is 9.47 Å². The number of hydrogen-bond acceptors (Lipinski definition) is 6. The second kappa shape index (κ2) is 5.33. The van der Waals surface area contributed by atoms with E-state index in [0.717, 1.165) is 24.8 Å². The van der Waals surface area contributed by atoms with Crippen molar-refractivity contribution in [1.29, 1.82) is 21.2 Å². The molecule has 124 valence electrons. The minimum Gasteiger partial charge on any atom is -0.447 e. The summed E-state index contributed by atoms with van der Waals surface area (Å²) in [7, 11) is 0. The van der Waals surface area contributed by atoms with Crippen LogP contribution in [-0.2, 0) is 9.47 Å². The van der Waals surface area contributed by atoms with Gasteiger partial charge in [-0.15, -0.1) is 0 Å². The zero-order chi connectivity index (χ0) is 17.6. The SMILES string of the molecule is CC/C=C(\C)[C@@H]1O[C@@]23CCCC[C@@H]2C(C#N)(C#N)[C@@]1(C#N)C(=N)O3. The largest absolute Gasteiger partial charge is 0.447 e. The van der Waals surface area contributed by atoms with Gasteiger partial charge in [0.15, 0.2) is 10.8 Å². The number of allylic oxidation sites excluding steroid dienone is 1. The molecular weight excluding hydrogens is 304 g/mol. The molecule has 6 nitrogen and oxygen atoms in total. The third-order valence-corrected chi connectivity index (χ3v) is 5.76. The van der Waals surface area contributed by atoms with Crippen LogP contribution in [0.5, 0.6) is 0 Å². The van der Waals surface area contributed by atoms with Crippen LogP contribution in [0.15, 0.2) is 11.6 Å². The Kier molecular flexibility index (Phi) is 3.67. The maximum Gasteiger partial charge on any atom is 0.218 e. The van der Waals surface area contributed by atoms with E-state index < -0.39 is 28.6 Å². The maximum atomic E-state index is 10.0. The van der Waals surface area contributed by atoms with Crippen molar-refractivity contribution in [3.63, 3.8) is 0 Å². The number of fused-ring (bicyclic) bond motifs is 2. The first kappa shape index (κ1) is 16.5. The molecule has 4 aliphatic rings. The van der Waals surface area contributed by atoms with Gasteiger partial charge in [-0.25, -0.2) is 0 Å². The van der Waals surface area contributed by atoms with Gasteiger partial charge in [-0.05, 0) is 31.8 Å². The van der Waals surface area contributed by atoms with E-state index in [-0.39, 0.29) is 5.90 Å². The van der Waals surface area contributed by atoms with Gasteiger partial charge in [0.25, 0.3) is 0 Å². The highest BCUT2D eigenvalue weighted by atomic mass is 16.7. The molecule has 0 aromatic rings. The molecule has 3 saturated heterocycles. The lowest BCUT2D eigenvalue weighted by molar-refractivity contribution is -0.350. The van der Waals surface area contributed by atoms with Gasteiger partial charge in [0.05, 0.1) is 24.1 Å². The highest BCUT2D eigenvalue weighted by molar-refractivity contribution is 5.89. The fourth-order valence-corrected chi connectivity index (χ4v) is 4.69. The van der Waals surface area contributed by atoms with E-state index >= 15 is 0 Å². The molecule has 0 unspecified atom stereocenters. The summed E-state index contributed by atoms with van der Waals surface area (Å²) < 4.78 is 12.1. The third kappa shape index (κ3) is 1.63. The summed E-state index contributed by atoms with van der Waals surface area (Å²) >= 11 is 0. The van der Waals surface area contributed by atoms with Gasteiger partial charge in [0, 0.05) is 6.42 Å². The van der Waals surface area contributed by atoms with E-state index in [2.05, 4.69) is 18.2 Å². The fourth-order valence-electron chi connectivity index (χ4n) is 4.69. The summed E-state index contributed by atoms with van der Waals surface area (Å²) in [4.78, 5) is 0. The van der Waals surface area contributed by atoms with Crippen molar-refractivity contribution >= 4 is 5.90 Å². The van der Waals surface area contributed by atoms with Crippen LogP contribution < -0.4 is 0 Å². The first-order valence-electron chi connectivity index (χ1n) is 8.34. The second-order valence-corrected chi connectivity index (χ2v) is 6.85. The van der Waals surface area contributed by atoms with E-state index in [4.69, 9.17) is 14.9 Å². The predicted molar refractivity (Wildman–Crippen MR) is 84.1 cm³/mol. The second-order valence-electron chi connectivity index (χ2n) is 6.85. The quantitative estimate of drug-likeness (QED) is 0.783. The Morgan fingerprint density at radius 2 is 2.00 bits per heavy atom. The number of nitrogens with zero attached hydrogens (tertiary/aromatic N) is 3. The molecule has 6 heteroatoms. The Morgan fingerprint density at radius 1 is 1.29 bits per heavy atom. The lowest BCUT2D eigenvalue weighted by Crippen LogP contribution is -2.76. The smallest absolute Gasteiger partial charge is 0.218 e. The molecule has 0 aromatic heterocycles. The zero-order valence-electron chi connectivity index (χ0n) is 13.9. The van der Waals surface area contributed by atoms with Crippen molar-refractivity contribution in [1.82, 2.24) is 0 Å². The van der Waals surface area contributed by atoms with Crippen LogP contribution >= 0.6 is 0 Å². The Hall–Kier alpha value is -2.36. The van der Waals surface area contributed by atoms with Gasteiger partial charge in [-0.1, -0.05) is 19.4 Å². The molecule has 0 amide bonds. The molecule has 3 heterocycles. The van der Waals surface area contributed by atoms with E-state index in [9.17, 15) is 15.8 Å². The lowest BCUT2D eigenvalue weighted by atomic mass is 9.48. The van der Waals surface area contributed by atoms with Gasteiger partial charge in [-0.2, -0.15) is 15.8 Å². The van der Waals surface area contributed by atoms with Crippen molar-refractivity contribution in [2.75, 3.05) is 0 Å². The molecule has 3 aliphatic heterocycles. The first-order valence-corrected chi connectivity index (χ1v) is 8.34. The van der Waals surface area contributed by atoms with Gasteiger partial charge in [-0.3, -0.25) is 5.41 Å². The Morgan fingerprint density at radius 3 is 2.58 bits per heavy atom. The van der Waals surface area contributed by atoms with E-state index in [1.165, 1.54) is 0 Å². The Balaban J connectivity index is 2.31. The van der Waals surface area contributed by atoms with E-state index in [1.807, 2.05) is 19.9 Å². The molecule has 1 N–H and O–H groups in total. The van der Waals surface area contributed by atoms with Crippen molar-refractivity contribution < 1.29 is 9.47 Å². The number of rotatable bonds is 2. The van der Waals surface area contributed by atoms with E-state index in [1.54, 1.807) is 0 Å². The number of nitrogens with one attached hydrogen (secondary N) is 1. The number of nitriles is 3. The van der Waals surface area contributed by atoms with Gasteiger partial charge >= 0.3 is 0 Å². The number of ether oxygens (including phenoxy) is 2. The molecule has 24 heavy (non-hydrogen) atoms. The highest BCUT2D eigenvalue weighted by Gasteiger charge is 2.80. The summed E-state index contributed by atoms with van der Waals surface area (Å²) in [6.45, 7) is 3.80. The van der Waals surface area contributed by atoms with Crippen molar-refractivity contribution in [3.8, 4) is 18.2 Å². The maximum absolute atomic E-state index is 10.0. The summed E-state index contributed by atoms with van der Waals surface area (Å²) in [5, 5.41) is 38.4. The molecule has 2 bridgehead atoms. The van der Waals surface area contributed by atoms with Crippen LogP contribution in [0.1, 0.15) is 46.0 Å². The standard InChI is InChI=1S/C18H20N4O2/c1-3-6-12(2)14-17(11-21)15(22)24-18(23-14)8-5-4-7-13(18)16(17,9-19)10-20/h6,13-14,22H,3-5,7-8H2,1-2H3/b12-6+,22-15?/t13-,14+,17-,18-/m1/s1. The van der Waals surface area contributed by atoms with Gasteiger partial charge in [0.1, 0.15) is 6.10 Å². The van der Waals surface area contributed by atoms with Gasteiger partial charge in [0.2, 0.25) is 11.7 Å². The zero-order valence-corrected chi connectivity index (χ0v) is 13.9. The molecule has 4 fully saturated rings. The van der Waals surface area contributed by atoms with Crippen molar-refractivity contribution in [2.24, 2.45) is 16.7 Å². The molecule has 4 atom stereocenters. The lowest BCUT2D eigenvalue weighted by Gasteiger charge is -2.63. The Bertz CT molecular complexity index is 724. The molecule has 1 saturated carbocycles. The molecular formula is C18H20N4O2. The monoisotopic (exact) mass is 324 g/mol. The molecule has 0 radical (unpaired) electrons. The summed E-state index contributed by atoms with van der Waals surface area (Å²) in [6, 6.07) is 6.37. The van der Waals surface area contributed by atoms with Crippen LogP contribution in [-0.4, -0.2) is 17.8 Å². The molecule has 4 rings (SSSR count). The van der Waals surface area contributed by atoms with Crippen LogP contribution in [0, 0.1) is 56.2 Å². The third-order valence-electron chi connectivity index (χ3n) is 5.76. The van der Waals surface area contributed by atoms with Crippen LogP contribution in [0.2, 0.25) is 0 Å². The molecule has 0 aromatic carbocycles. The molecule has 1 spiro atoms. The average Bonchev–Trinajstić information content (AvgIpc) is 2.59. The van der Waals surface area contributed by atoms with Crippen LogP contribution in [0.4, 0.5) is 0 Å². The van der Waals surface area contributed by atoms with Crippen LogP contribution in [0.3, 0.4) is 0 Å². The fraction of sp³-hybridized carbons (Fsp3) is 0.667. The van der Waals surface area contributed by atoms with Crippen molar-refractivity contribution in [3.05, 3.63) is 11.6 Å². The normalized spacial score (nSPS) is 39.8. The first-order chi connectivity index (χ1) is 11.5. The predicted octanol–water partition coefficient (Wildman–Crippen LogP) is 3.18. The number of hydrogen-bond donors (Lipinski definition) is 1. The summed E-state index contributed by atoms with van der Waals surface area (Å²) in [5.74, 6) is -1.97. The topological polar surface area (TPSA) is 114 Å². The van der Waals surface area contributed by atoms with Crippen molar-refractivity contribution in [2.45, 2.75) is 57.8 Å². The highest BCUT2D eigenvalue weighted by Crippen LogP contribution is 2.66. The Labute approximate surface area is 141 Å². The van der Waals surface area contributed by atoms with Crippen LogP contribution in [0.25, 0.3) is 0 Å². The minimum absolute atomic E-state index is 0.300. The molecule has 1 aliphatic carbocycles. The van der Waals surface area contributed by atoms with E-state index in [0.29, 0.717) is 12.8 Å². The minimum atomic E-state index is -1.73. The average molecular weight is 324 g/mol. The summed E-state index contributed by atoms with van der Waals surface area (Å²) in [6.07, 6.45) is 4.67. The summed E-state index contributed by atoms with van der Waals surface area (Å²) in [5.41, 5.74) is -2.59.